The molecule has 1 aliphatic heterocycles. The Bertz CT molecular complexity index is 1110. The Balaban J connectivity index is 1.57. The average Bonchev–Trinajstić information content (AvgIpc) is 2.84. The molecule has 6 nitrogen and oxygen atoms in total. The molecule has 1 N–H and O–H groups in total. The molecule has 2 atom stereocenters. The normalized spacial score (nSPS) is 19.6. The van der Waals surface area contributed by atoms with Gasteiger partial charge in [-0.15, -0.1) is 0 Å². The van der Waals surface area contributed by atoms with Crippen LogP contribution in [0.25, 0.3) is 0 Å². The lowest BCUT2D eigenvalue weighted by Gasteiger charge is -2.38. The van der Waals surface area contributed by atoms with Crippen LogP contribution in [0.1, 0.15) is 30.0 Å². The molecule has 1 saturated heterocycles. The highest BCUT2D eigenvalue weighted by Crippen LogP contribution is 2.37. The van der Waals surface area contributed by atoms with E-state index in [0.29, 0.717) is 19.4 Å². The Hall–Kier alpha value is -3.03. The third kappa shape index (κ3) is 4.84. The molecule has 2 aromatic carbocycles. The van der Waals surface area contributed by atoms with Crippen LogP contribution in [-0.2, 0) is 21.4 Å². The van der Waals surface area contributed by atoms with E-state index < -0.39 is 15.9 Å². The summed E-state index contributed by atoms with van der Waals surface area (Å²) in [5.41, 5.74) is 1.93. The number of benzene rings is 2. The molecule has 1 fully saturated rings. The van der Waals surface area contributed by atoms with Gasteiger partial charge in [-0.2, -0.15) is 4.31 Å². The van der Waals surface area contributed by atoms with E-state index in [0.717, 1.165) is 11.1 Å². The first-order valence-electron chi connectivity index (χ1n) is 10.3. The van der Waals surface area contributed by atoms with Crippen LogP contribution in [0.2, 0.25) is 0 Å². The zero-order valence-corrected chi connectivity index (χ0v) is 17.9. The van der Waals surface area contributed by atoms with E-state index in [-0.39, 0.29) is 23.5 Å². The van der Waals surface area contributed by atoms with Gasteiger partial charge in [-0.05, 0) is 36.1 Å². The number of piperidine rings is 1. The number of rotatable bonds is 6. The summed E-state index contributed by atoms with van der Waals surface area (Å²) in [6, 6.07) is 23.8. The number of nitrogens with one attached hydrogen (secondary N) is 1. The number of aromatic nitrogens is 1. The van der Waals surface area contributed by atoms with Gasteiger partial charge in [0.1, 0.15) is 0 Å². The van der Waals surface area contributed by atoms with Crippen LogP contribution in [0.5, 0.6) is 0 Å². The van der Waals surface area contributed by atoms with E-state index in [1.165, 1.54) is 16.6 Å². The van der Waals surface area contributed by atoms with Crippen LogP contribution in [0, 0.1) is 5.92 Å². The van der Waals surface area contributed by atoms with Crippen molar-refractivity contribution < 1.29 is 13.2 Å². The number of nitrogens with zero attached hydrogens (tertiary/aromatic N) is 2. The molecule has 0 spiro atoms. The second-order valence-corrected chi connectivity index (χ2v) is 9.48. The number of carbonyl (C=O) groups excluding carboxylic acids is 1. The monoisotopic (exact) mass is 435 g/mol. The van der Waals surface area contributed by atoms with Gasteiger partial charge >= 0.3 is 0 Å². The minimum Gasteiger partial charge on any atom is -0.352 e. The molecule has 4 rings (SSSR count). The van der Waals surface area contributed by atoms with Crippen molar-refractivity contribution in [2.24, 2.45) is 5.92 Å². The maximum absolute atomic E-state index is 13.5. The van der Waals surface area contributed by atoms with E-state index in [1.54, 1.807) is 12.1 Å². The van der Waals surface area contributed by atoms with Gasteiger partial charge < -0.3 is 5.32 Å². The molecule has 0 radical (unpaired) electrons. The molecular formula is C24H25N3O3S. The Morgan fingerprint density at radius 1 is 0.935 bits per heavy atom. The third-order valence-electron chi connectivity index (χ3n) is 5.61. The highest BCUT2D eigenvalue weighted by Gasteiger charge is 2.40. The number of hydrogen-bond donors (Lipinski definition) is 1. The van der Waals surface area contributed by atoms with Crippen LogP contribution in [0.15, 0.2) is 90.1 Å². The van der Waals surface area contributed by atoms with Crippen molar-refractivity contribution in [3.8, 4) is 0 Å². The predicted octanol–water partition coefficient (Wildman–Crippen LogP) is 3.54. The average molecular weight is 436 g/mol. The molecule has 1 amide bonds. The van der Waals surface area contributed by atoms with E-state index in [2.05, 4.69) is 10.3 Å². The molecule has 0 unspecified atom stereocenters. The summed E-state index contributed by atoms with van der Waals surface area (Å²) in [5, 5.41) is 2.96. The Kier molecular flexibility index (Phi) is 6.44. The van der Waals surface area contributed by atoms with E-state index in [1.807, 2.05) is 60.7 Å². The molecule has 2 heterocycles. The molecule has 1 aromatic heterocycles. The summed E-state index contributed by atoms with van der Waals surface area (Å²) in [6.07, 6.45) is 2.66. The minimum atomic E-state index is -3.85. The smallest absolute Gasteiger partial charge is 0.261 e. The van der Waals surface area contributed by atoms with E-state index in [4.69, 9.17) is 0 Å². The van der Waals surface area contributed by atoms with Crippen LogP contribution < -0.4 is 5.32 Å². The molecular weight excluding hydrogens is 410 g/mol. The third-order valence-corrected chi connectivity index (χ3v) is 7.40. The molecule has 1 aliphatic rings. The number of carbonyl (C=O) groups is 1. The highest BCUT2D eigenvalue weighted by molar-refractivity contribution is 7.89. The number of pyridine rings is 1. The maximum Gasteiger partial charge on any atom is 0.261 e. The summed E-state index contributed by atoms with van der Waals surface area (Å²) in [5.74, 6) is -0.543. The summed E-state index contributed by atoms with van der Waals surface area (Å²) >= 11 is 0. The SMILES string of the molecule is O=C(NCc1ccccc1)[C@@H]1CC[C@H](c2ccccc2)N(S(=O)(=O)c2ccccn2)C1. The van der Waals surface area contributed by atoms with Crippen molar-refractivity contribution in [2.75, 3.05) is 6.54 Å². The fraction of sp³-hybridized carbons (Fsp3) is 0.250. The zero-order valence-electron chi connectivity index (χ0n) is 17.1. The molecule has 0 aliphatic carbocycles. The molecule has 160 valence electrons. The van der Waals surface area contributed by atoms with Crippen molar-refractivity contribution in [2.45, 2.75) is 30.5 Å². The standard InChI is InChI=1S/C24H25N3O3S/c28-24(26-17-19-9-3-1-4-10-19)21-14-15-22(20-11-5-2-6-12-20)27(18-21)31(29,30)23-13-7-8-16-25-23/h1-13,16,21-22H,14-15,17-18H2,(H,26,28)/t21-,22-/m1/s1. The lowest BCUT2D eigenvalue weighted by atomic mass is 9.90. The first kappa shape index (κ1) is 21.2. The fourth-order valence-corrected chi connectivity index (χ4v) is 5.60. The Morgan fingerprint density at radius 3 is 2.29 bits per heavy atom. The van der Waals surface area contributed by atoms with Gasteiger partial charge in [0.05, 0.1) is 12.0 Å². The summed E-state index contributed by atoms with van der Waals surface area (Å²) in [7, 11) is -3.85. The zero-order chi connectivity index (χ0) is 21.7. The minimum absolute atomic E-state index is 0.00118. The van der Waals surface area contributed by atoms with Crippen molar-refractivity contribution in [1.29, 1.82) is 0 Å². The largest absolute Gasteiger partial charge is 0.352 e. The lowest BCUT2D eigenvalue weighted by Crippen LogP contribution is -2.46. The van der Waals surface area contributed by atoms with Crippen LogP contribution in [0.4, 0.5) is 0 Å². The van der Waals surface area contributed by atoms with Gasteiger partial charge in [0, 0.05) is 19.3 Å². The Labute approximate surface area is 183 Å². The van der Waals surface area contributed by atoms with E-state index in [9.17, 15) is 13.2 Å². The van der Waals surface area contributed by atoms with Crippen molar-refractivity contribution in [3.05, 3.63) is 96.2 Å². The van der Waals surface area contributed by atoms with Gasteiger partial charge in [-0.1, -0.05) is 66.7 Å². The van der Waals surface area contributed by atoms with Crippen LogP contribution in [0.3, 0.4) is 0 Å². The van der Waals surface area contributed by atoms with E-state index >= 15 is 0 Å². The number of hydrogen-bond acceptors (Lipinski definition) is 4. The van der Waals surface area contributed by atoms with Gasteiger partial charge in [0.25, 0.3) is 10.0 Å². The van der Waals surface area contributed by atoms with Gasteiger partial charge in [0.2, 0.25) is 5.91 Å². The fourth-order valence-electron chi connectivity index (χ4n) is 3.98. The quantitative estimate of drug-likeness (QED) is 0.642. The molecule has 3 aromatic rings. The van der Waals surface area contributed by atoms with Crippen molar-refractivity contribution >= 4 is 15.9 Å². The van der Waals surface area contributed by atoms with Gasteiger partial charge in [-0.25, -0.2) is 13.4 Å². The second kappa shape index (κ2) is 9.41. The van der Waals surface area contributed by atoms with Crippen molar-refractivity contribution in [3.63, 3.8) is 0 Å². The molecule has 0 bridgehead atoms. The summed E-state index contributed by atoms with van der Waals surface area (Å²) < 4.78 is 28.3. The van der Waals surface area contributed by atoms with Crippen LogP contribution >= 0.6 is 0 Å². The van der Waals surface area contributed by atoms with Gasteiger partial charge in [0.15, 0.2) is 5.03 Å². The Morgan fingerprint density at radius 2 is 1.61 bits per heavy atom. The van der Waals surface area contributed by atoms with Crippen molar-refractivity contribution in [1.82, 2.24) is 14.6 Å². The number of amides is 1. The number of sulfonamides is 1. The second-order valence-electron chi connectivity index (χ2n) is 7.65. The summed E-state index contributed by atoms with van der Waals surface area (Å²) in [4.78, 5) is 16.9. The molecule has 7 heteroatoms. The highest BCUT2D eigenvalue weighted by atomic mass is 32.2. The lowest BCUT2D eigenvalue weighted by molar-refractivity contribution is -0.126. The maximum atomic E-state index is 13.5. The predicted molar refractivity (Wildman–Crippen MR) is 118 cm³/mol. The first-order valence-corrected chi connectivity index (χ1v) is 11.8. The summed E-state index contributed by atoms with van der Waals surface area (Å²) in [6.45, 7) is 0.546. The molecule has 0 saturated carbocycles. The first-order chi connectivity index (χ1) is 15.1. The topological polar surface area (TPSA) is 79.4 Å². The van der Waals surface area contributed by atoms with Gasteiger partial charge in [-0.3, -0.25) is 4.79 Å². The molecule has 31 heavy (non-hydrogen) atoms. The van der Waals surface area contributed by atoms with Crippen LogP contribution in [-0.4, -0.2) is 30.2 Å².